The molecular formula is C11H17Cl2NS. The summed E-state index contributed by atoms with van der Waals surface area (Å²) < 4.78 is 1.57. The fourth-order valence-electron chi connectivity index (χ4n) is 1.56. The molecule has 0 saturated carbocycles. The monoisotopic (exact) mass is 265 g/mol. The Morgan fingerprint density at radius 1 is 1.47 bits per heavy atom. The standard InChI is InChI=1S/C11H17Cl2NS/c1-4-7(2)5-9(14-3)8-6-10(12)15-11(8)13/h6-7,9,14H,4-5H2,1-3H3. The van der Waals surface area contributed by atoms with E-state index in [9.17, 15) is 0 Å². The highest BCUT2D eigenvalue weighted by molar-refractivity contribution is 7.20. The minimum absolute atomic E-state index is 0.316. The molecule has 1 heterocycles. The van der Waals surface area contributed by atoms with E-state index in [1.54, 1.807) is 0 Å². The lowest BCUT2D eigenvalue weighted by Crippen LogP contribution is -2.18. The van der Waals surface area contributed by atoms with E-state index in [1.807, 2.05) is 13.1 Å². The topological polar surface area (TPSA) is 12.0 Å². The second kappa shape index (κ2) is 6.09. The summed E-state index contributed by atoms with van der Waals surface area (Å²) in [6.07, 6.45) is 2.29. The van der Waals surface area contributed by atoms with Gasteiger partial charge in [0.25, 0.3) is 0 Å². The Balaban J connectivity index is 2.78. The summed E-state index contributed by atoms with van der Waals surface area (Å²) in [4.78, 5) is 0. The minimum atomic E-state index is 0.316. The van der Waals surface area contributed by atoms with Crippen LogP contribution in [0.15, 0.2) is 6.07 Å². The Kier molecular flexibility index (Phi) is 5.41. The van der Waals surface area contributed by atoms with Crippen LogP contribution < -0.4 is 5.32 Å². The average Bonchev–Trinajstić information content (AvgIpc) is 2.54. The molecule has 1 aromatic heterocycles. The molecule has 86 valence electrons. The summed E-state index contributed by atoms with van der Waals surface area (Å²) in [5.74, 6) is 0.692. The summed E-state index contributed by atoms with van der Waals surface area (Å²) in [5.41, 5.74) is 1.13. The Morgan fingerprint density at radius 3 is 2.53 bits per heavy atom. The molecule has 0 amide bonds. The molecule has 0 aromatic carbocycles. The van der Waals surface area contributed by atoms with E-state index in [-0.39, 0.29) is 0 Å². The lowest BCUT2D eigenvalue weighted by atomic mass is 9.96. The van der Waals surface area contributed by atoms with E-state index >= 15 is 0 Å². The molecule has 0 radical (unpaired) electrons. The first-order valence-corrected chi connectivity index (χ1v) is 6.77. The van der Waals surface area contributed by atoms with Crippen LogP contribution in [0.5, 0.6) is 0 Å². The maximum Gasteiger partial charge on any atom is 0.0991 e. The molecule has 0 saturated heterocycles. The Morgan fingerprint density at radius 2 is 2.13 bits per heavy atom. The van der Waals surface area contributed by atoms with E-state index in [1.165, 1.54) is 17.8 Å². The van der Waals surface area contributed by atoms with Crippen molar-refractivity contribution in [2.75, 3.05) is 7.05 Å². The first kappa shape index (κ1) is 13.3. The summed E-state index contributed by atoms with van der Waals surface area (Å²) >= 11 is 13.5. The van der Waals surface area contributed by atoms with Crippen molar-refractivity contribution >= 4 is 34.5 Å². The van der Waals surface area contributed by atoms with E-state index in [2.05, 4.69) is 19.2 Å². The quantitative estimate of drug-likeness (QED) is 0.810. The minimum Gasteiger partial charge on any atom is -0.313 e. The first-order chi connectivity index (χ1) is 7.08. The maximum absolute atomic E-state index is 6.14. The van der Waals surface area contributed by atoms with Gasteiger partial charge in [0.15, 0.2) is 0 Å². The fraction of sp³-hybridized carbons (Fsp3) is 0.636. The van der Waals surface area contributed by atoms with Crippen LogP contribution in [0.3, 0.4) is 0 Å². The predicted molar refractivity (Wildman–Crippen MR) is 70.2 cm³/mol. The first-order valence-electron chi connectivity index (χ1n) is 5.20. The molecule has 0 aliphatic carbocycles. The van der Waals surface area contributed by atoms with Gasteiger partial charge in [0.1, 0.15) is 0 Å². The van der Waals surface area contributed by atoms with Gasteiger partial charge in [0.05, 0.1) is 8.67 Å². The van der Waals surface area contributed by atoms with Gasteiger partial charge < -0.3 is 5.32 Å². The normalized spacial score (nSPS) is 15.3. The van der Waals surface area contributed by atoms with Crippen molar-refractivity contribution in [2.45, 2.75) is 32.7 Å². The Bertz CT molecular complexity index is 312. The second-order valence-electron chi connectivity index (χ2n) is 3.87. The zero-order valence-electron chi connectivity index (χ0n) is 9.31. The third kappa shape index (κ3) is 3.63. The van der Waals surface area contributed by atoms with E-state index in [0.717, 1.165) is 20.7 Å². The highest BCUT2D eigenvalue weighted by atomic mass is 35.5. The second-order valence-corrected chi connectivity index (χ2v) is 6.16. The van der Waals surface area contributed by atoms with Crippen LogP contribution in [0.1, 0.15) is 38.3 Å². The van der Waals surface area contributed by atoms with Crippen LogP contribution in [0.2, 0.25) is 8.67 Å². The summed E-state index contributed by atoms with van der Waals surface area (Å²) in [7, 11) is 1.97. The van der Waals surface area contributed by atoms with Gasteiger partial charge in [-0.15, -0.1) is 11.3 Å². The van der Waals surface area contributed by atoms with E-state index in [0.29, 0.717) is 12.0 Å². The van der Waals surface area contributed by atoms with Crippen molar-refractivity contribution < 1.29 is 0 Å². The third-order valence-corrected chi connectivity index (χ3v) is 4.26. The molecule has 0 fully saturated rings. The van der Waals surface area contributed by atoms with Crippen molar-refractivity contribution in [3.63, 3.8) is 0 Å². The van der Waals surface area contributed by atoms with Crippen LogP contribution in [0, 0.1) is 5.92 Å². The number of halogens is 2. The smallest absolute Gasteiger partial charge is 0.0991 e. The van der Waals surface area contributed by atoms with Crippen molar-refractivity contribution in [1.82, 2.24) is 5.32 Å². The van der Waals surface area contributed by atoms with Crippen LogP contribution in [-0.4, -0.2) is 7.05 Å². The van der Waals surface area contributed by atoms with Gasteiger partial charge in [-0.2, -0.15) is 0 Å². The summed E-state index contributed by atoms with van der Waals surface area (Å²) in [6, 6.07) is 2.29. The van der Waals surface area contributed by atoms with Gasteiger partial charge in [0.2, 0.25) is 0 Å². The molecule has 1 rings (SSSR count). The van der Waals surface area contributed by atoms with E-state index in [4.69, 9.17) is 23.2 Å². The molecule has 1 nitrogen and oxygen atoms in total. The van der Waals surface area contributed by atoms with Gasteiger partial charge in [-0.1, -0.05) is 43.5 Å². The fourth-order valence-corrected chi connectivity index (χ4v) is 3.14. The molecular weight excluding hydrogens is 249 g/mol. The molecule has 0 aliphatic rings. The largest absolute Gasteiger partial charge is 0.313 e. The third-order valence-electron chi connectivity index (χ3n) is 2.74. The predicted octanol–water partition coefficient (Wildman–Crippen LogP) is 4.75. The number of hydrogen-bond donors (Lipinski definition) is 1. The molecule has 1 aromatic rings. The zero-order chi connectivity index (χ0) is 11.4. The number of nitrogens with one attached hydrogen (secondary N) is 1. The molecule has 1 N–H and O–H groups in total. The van der Waals surface area contributed by atoms with Crippen LogP contribution in [0.4, 0.5) is 0 Å². The van der Waals surface area contributed by atoms with E-state index < -0.39 is 0 Å². The molecule has 4 heteroatoms. The van der Waals surface area contributed by atoms with Crippen LogP contribution in [-0.2, 0) is 0 Å². The highest BCUT2D eigenvalue weighted by Crippen LogP contribution is 2.37. The SMILES string of the molecule is CCC(C)CC(NC)c1cc(Cl)sc1Cl. The maximum atomic E-state index is 6.14. The highest BCUT2D eigenvalue weighted by Gasteiger charge is 2.17. The van der Waals surface area contributed by atoms with Crippen LogP contribution >= 0.6 is 34.5 Å². The number of rotatable bonds is 5. The lowest BCUT2D eigenvalue weighted by molar-refractivity contribution is 0.422. The number of hydrogen-bond acceptors (Lipinski definition) is 2. The van der Waals surface area contributed by atoms with Gasteiger partial charge >= 0.3 is 0 Å². The van der Waals surface area contributed by atoms with Gasteiger partial charge in [-0.3, -0.25) is 0 Å². The zero-order valence-corrected chi connectivity index (χ0v) is 11.6. The van der Waals surface area contributed by atoms with Crippen molar-refractivity contribution in [3.05, 3.63) is 20.3 Å². The van der Waals surface area contributed by atoms with Gasteiger partial charge in [0, 0.05) is 11.6 Å². The molecule has 0 spiro atoms. The molecule has 0 aliphatic heterocycles. The van der Waals surface area contributed by atoms with Crippen LogP contribution in [0.25, 0.3) is 0 Å². The van der Waals surface area contributed by atoms with Crippen molar-refractivity contribution in [2.24, 2.45) is 5.92 Å². The number of thiophene rings is 1. The van der Waals surface area contributed by atoms with Crippen molar-refractivity contribution in [1.29, 1.82) is 0 Å². The van der Waals surface area contributed by atoms with Gasteiger partial charge in [-0.05, 0) is 25.5 Å². The van der Waals surface area contributed by atoms with Crippen molar-refractivity contribution in [3.8, 4) is 0 Å². The average molecular weight is 266 g/mol. The Labute approximate surface area is 106 Å². The van der Waals surface area contributed by atoms with Gasteiger partial charge in [-0.25, -0.2) is 0 Å². The molecule has 15 heavy (non-hydrogen) atoms. The lowest BCUT2D eigenvalue weighted by Gasteiger charge is -2.19. The molecule has 2 unspecified atom stereocenters. The molecule has 0 bridgehead atoms. The summed E-state index contributed by atoms with van der Waals surface area (Å²) in [6.45, 7) is 4.46. The summed E-state index contributed by atoms with van der Waals surface area (Å²) in [5, 5.41) is 3.30. The Hall–Kier alpha value is 0.240. The molecule has 2 atom stereocenters.